The second-order valence-electron chi connectivity index (χ2n) is 4.80. The maximum absolute atomic E-state index is 11.9. The maximum atomic E-state index is 11.9. The molecule has 6 heteroatoms. The van der Waals surface area contributed by atoms with Gasteiger partial charge in [-0.15, -0.1) is 11.8 Å². The number of anilines is 1. The van der Waals surface area contributed by atoms with Gasteiger partial charge in [-0.1, -0.05) is 24.3 Å². The van der Waals surface area contributed by atoms with Gasteiger partial charge < -0.3 is 15.2 Å². The van der Waals surface area contributed by atoms with Crippen LogP contribution in [0.1, 0.15) is 15.9 Å². The molecule has 0 unspecified atom stereocenters. The molecule has 23 heavy (non-hydrogen) atoms. The van der Waals surface area contributed by atoms with Crippen molar-refractivity contribution >= 4 is 29.3 Å². The number of thioether (sulfide) groups is 1. The Morgan fingerprint density at radius 1 is 1.17 bits per heavy atom. The molecular weight excluding hydrogens is 314 g/mol. The zero-order chi connectivity index (χ0) is 16.8. The van der Waals surface area contributed by atoms with Gasteiger partial charge in [0.05, 0.1) is 5.69 Å². The lowest BCUT2D eigenvalue weighted by Gasteiger charge is -2.10. The number of para-hydroxylation sites is 2. The molecule has 2 aromatic carbocycles. The molecule has 0 aliphatic rings. The van der Waals surface area contributed by atoms with Crippen LogP contribution in [0.3, 0.4) is 0 Å². The van der Waals surface area contributed by atoms with Crippen LogP contribution in [0.5, 0.6) is 5.75 Å². The number of phenolic OH excluding ortho intramolecular Hbond substituents is 1. The molecule has 120 valence electrons. The first-order valence-corrected chi connectivity index (χ1v) is 8.14. The van der Waals surface area contributed by atoms with Crippen molar-refractivity contribution in [2.45, 2.75) is 11.8 Å². The highest BCUT2D eigenvalue weighted by Crippen LogP contribution is 2.25. The molecule has 0 aliphatic heterocycles. The molecule has 2 N–H and O–H groups in total. The summed E-state index contributed by atoms with van der Waals surface area (Å²) in [6.07, 6.45) is 1.91. The maximum Gasteiger partial charge on any atom is 0.342 e. The van der Waals surface area contributed by atoms with E-state index in [9.17, 15) is 14.7 Å². The van der Waals surface area contributed by atoms with Crippen molar-refractivity contribution in [1.82, 2.24) is 0 Å². The van der Waals surface area contributed by atoms with Crippen LogP contribution < -0.4 is 5.32 Å². The highest BCUT2D eigenvalue weighted by molar-refractivity contribution is 7.98. The van der Waals surface area contributed by atoms with Gasteiger partial charge >= 0.3 is 5.97 Å². The predicted octanol–water partition coefficient (Wildman–Crippen LogP) is 3.22. The van der Waals surface area contributed by atoms with Gasteiger partial charge in [0, 0.05) is 4.90 Å². The van der Waals surface area contributed by atoms with Crippen molar-refractivity contribution < 1.29 is 19.4 Å². The number of nitrogens with one attached hydrogen (secondary N) is 1. The van der Waals surface area contributed by atoms with Crippen LogP contribution >= 0.6 is 11.8 Å². The Hall–Kier alpha value is -2.47. The third-order valence-electron chi connectivity index (χ3n) is 3.17. The molecule has 0 fully saturated rings. The van der Waals surface area contributed by atoms with E-state index >= 15 is 0 Å². The first-order chi connectivity index (χ1) is 11.0. The molecule has 0 heterocycles. The summed E-state index contributed by atoms with van der Waals surface area (Å²) < 4.78 is 4.95. The van der Waals surface area contributed by atoms with Crippen molar-refractivity contribution in [1.29, 1.82) is 0 Å². The van der Waals surface area contributed by atoms with Crippen LogP contribution in [0, 0.1) is 6.92 Å². The molecule has 2 aromatic rings. The van der Waals surface area contributed by atoms with E-state index in [1.54, 1.807) is 25.1 Å². The quantitative estimate of drug-likeness (QED) is 0.650. The smallest absolute Gasteiger partial charge is 0.342 e. The van der Waals surface area contributed by atoms with E-state index < -0.39 is 18.5 Å². The summed E-state index contributed by atoms with van der Waals surface area (Å²) >= 11 is 1.51. The van der Waals surface area contributed by atoms with Crippen LogP contribution in [0.15, 0.2) is 47.4 Å². The molecule has 0 radical (unpaired) electrons. The van der Waals surface area contributed by atoms with E-state index in [2.05, 4.69) is 5.32 Å². The van der Waals surface area contributed by atoms with Crippen LogP contribution in [0.4, 0.5) is 5.69 Å². The number of esters is 1. The van der Waals surface area contributed by atoms with Crippen molar-refractivity contribution in [2.24, 2.45) is 0 Å². The van der Waals surface area contributed by atoms with Gasteiger partial charge in [-0.05, 0) is 36.9 Å². The van der Waals surface area contributed by atoms with Gasteiger partial charge in [-0.25, -0.2) is 4.79 Å². The Morgan fingerprint density at radius 2 is 1.91 bits per heavy atom. The first-order valence-electron chi connectivity index (χ1n) is 6.91. The monoisotopic (exact) mass is 331 g/mol. The van der Waals surface area contributed by atoms with Gasteiger partial charge in [-0.2, -0.15) is 0 Å². The SMILES string of the molecule is CSc1ccccc1NC(=O)COC(=O)c1cccc(C)c1O. The molecule has 0 aliphatic carbocycles. The zero-order valence-corrected chi connectivity index (χ0v) is 13.6. The molecule has 2 rings (SSSR count). The molecule has 0 aromatic heterocycles. The Balaban J connectivity index is 1.96. The molecule has 5 nitrogen and oxygen atoms in total. The number of benzene rings is 2. The summed E-state index contributed by atoms with van der Waals surface area (Å²) in [6, 6.07) is 12.1. The summed E-state index contributed by atoms with van der Waals surface area (Å²) in [5, 5.41) is 12.5. The number of phenols is 1. The Morgan fingerprint density at radius 3 is 2.65 bits per heavy atom. The van der Waals surface area contributed by atoms with Gasteiger partial charge in [0.2, 0.25) is 0 Å². The van der Waals surface area contributed by atoms with E-state index in [0.717, 1.165) is 4.90 Å². The van der Waals surface area contributed by atoms with Crippen LogP contribution in [-0.2, 0) is 9.53 Å². The fourth-order valence-electron chi connectivity index (χ4n) is 1.97. The van der Waals surface area contributed by atoms with Crippen molar-refractivity contribution in [3.63, 3.8) is 0 Å². The lowest BCUT2D eigenvalue weighted by Crippen LogP contribution is -2.21. The molecule has 0 saturated heterocycles. The second kappa shape index (κ2) is 7.69. The third kappa shape index (κ3) is 4.26. The number of rotatable bonds is 5. The number of aryl methyl sites for hydroxylation is 1. The summed E-state index contributed by atoms with van der Waals surface area (Å²) in [7, 11) is 0. The topological polar surface area (TPSA) is 75.6 Å². The van der Waals surface area contributed by atoms with Gasteiger partial charge in [-0.3, -0.25) is 4.79 Å². The van der Waals surface area contributed by atoms with Crippen LogP contribution in [0.2, 0.25) is 0 Å². The van der Waals surface area contributed by atoms with E-state index in [-0.39, 0.29) is 11.3 Å². The van der Waals surface area contributed by atoms with E-state index in [4.69, 9.17) is 4.74 Å². The summed E-state index contributed by atoms with van der Waals surface area (Å²) in [5.74, 6) is -1.31. The van der Waals surface area contributed by atoms with Gasteiger partial charge in [0.25, 0.3) is 5.91 Å². The molecule has 0 spiro atoms. The zero-order valence-electron chi connectivity index (χ0n) is 12.8. The fourth-order valence-corrected chi connectivity index (χ4v) is 2.52. The number of carbonyl (C=O) groups excluding carboxylic acids is 2. The summed E-state index contributed by atoms with van der Waals surface area (Å²) in [6.45, 7) is 1.26. The minimum atomic E-state index is -0.737. The molecular formula is C17H17NO4S. The van der Waals surface area contributed by atoms with Gasteiger partial charge in [0.15, 0.2) is 6.61 Å². The minimum Gasteiger partial charge on any atom is -0.507 e. The Bertz CT molecular complexity index is 730. The number of aromatic hydroxyl groups is 1. The fraction of sp³-hybridized carbons (Fsp3) is 0.176. The van der Waals surface area contributed by atoms with Gasteiger partial charge in [0.1, 0.15) is 11.3 Å². The molecule has 0 bridgehead atoms. The average molecular weight is 331 g/mol. The number of carbonyl (C=O) groups is 2. The summed E-state index contributed by atoms with van der Waals surface area (Å²) in [5.41, 5.74) is 1.28. The standard InChI is InChI=1S/C17H17NO4S/c1-11-6-5-7-12(16(11)20)17(21)22-10-15(19)18-13-8-3-4-9-14(13)23-2/h3-9,20H,10H2,1-2H3,(H,18,19). The number of ether oxygens (including phenoxy) is 1. The van der Waals surface area contributed by atoms with Crippen molar-refractivity contribution in [2.75, 3.05) is 18.2 Å². The molecule has 0 saturated carbocycles. The van der Waals surface area contributed by atoms with E-state index in [0.29, 0.717) is 11.3 Å². The Kier molecular flexibility index (Phi) is 5.65. The number of amides is 1. The molecule has 1 amide bonds. The second-order valence-corrected chi connectivity index (χ2v) is 5.64. The first kappa shape index (κ1) is 16.9. The van der Waals surface area contributed by atoms with Crippen molar-refractivity contribution in [3.05, 3.63) is 53.6 Å². The third-order valence-corrected chi connectivity index (χ3v) is 3.97. The highest BCUT2D eigenvalue weighted by Gasteiger charge is 2.15. The lowest BCUT2D eigenvalue weighted by atomic mass is 10.1. The number of hydrogen-bond donors (Lipinski definition) is 2. The van der Waals surface area contributed by atoms with Crippen LogP contribution in [-0.4, -0.2) is 29.8 Å². The van der Waals surface area contributed by atoms with Crippen molar-refractivity contribution in [3.8, 4) is 5.75 Å². The molecule has 0 atom stereocenters. The van der Waals surface area contributed by atoms with E-state index in [1.165, 1.54) is 17.8 Å². The Labute approximate surface area is 138 Å². The average Bonchev–Trinajstić information content (AvgIpc) is 2.55. The summed E-state index contributed by atoms with van der Waals surface area (Å²) in [4.78, 5) is 24.8. The highest BCUT2D eigenvalue weighted by atomic mass is 32.2. The largest absolute Gasteiger partial charge is 0.507 e. The lowest BCUT2D eigenvalue weighted by molar-refractivity contribution is -0.119. The predicted molar refractivity (Wildman–Crippen MR) is 90.0 cm³/mol. The van der Waals surface area contributed by atoms with E-state index in [1.807, 2.05) is 24.5 Å². The van der Waals surface area contributed by atoms with Crippen LogP contribution in [0.25, 0.3) is 0 Å². The minimum absolute atomic E-state index is 0.0438. The normalized spacial score (nSPS) is 10.2. The number of hydrogen-bond acceptors (Lipinski definition) is 5.